The van der Waals surface area contributed by atoms with Gasteiger partial charge in [-0.25, -0.2) is 4.98 Å². The van der Waals surface area contributed by atoms with Crippen molar-refractivity contribution in [1.29, 1.82) is 0 Å². The summed E-state index contributed by atoms with van der Waals surface area (Å²) >= 11 is 1.39. The number of nitrogens with zero attached hydrogens (tertiary/aromatic N) is 4. The van der Waals surface area contributed by atoms with Crippen molar-refractivity contribution in [2.24, 2.45) is 0 Å². The minimum Gasteiger partial charge on any atom is -0.459 e. The normalized spacial score (nSPS) is 12.0. The highest BCUT2D eigenvalue weighted by Gasteiger charge is 2.21. The number of furan rings is 1. The van der Waals surface area contributed by atoms with Crippen LogP contribution >= 0.6 is 11.8 Å². The molecule has 4 aromatic rings. The number of hydrogen-bond donors (Lipinski definition) is 2. The third-order valence-electron chi connectivity index (χ3n) is 4.54. The van der Waals surface area contributed by atoms with Crippen LogP contribution in [-0.4, -0.2) is 30.6 Å². The number of nitrogens with one attached hydrogen (secondary N) is 2. The number of hydrogen-bond acceptors (Lipinski definition) is 7. The molecule has 0 aliphatic heterocycles. The van der Waals surface area contributed by atoms with E-state index in [4.69, 9.17) is 4.42 Å². The molecule has 9 nitrogen and oxygen atoms in total. The predicted molar refractivity (Wildman–Crippen MR) is 117 cm³/mol. The maximum atomic E-state index is 12.3. The van der Waals surface area contributed by atoms with Gasteiger partial charge in [0.1, 0.15) is 5.82 Å². The molecular formula is C21H20N6O3S. The smallest absolute Gasteiger partial charge is 0.287 e. The first-order valence-electron chi connectivity index (χ1n) is 9.56. The average Bonchev–Trinajstić information content (AvgIpc) is 3.43. The molecular weight excluding hydrogens is 416 g/mol. The Balaban J connectivity index is 1.52. The highest BCUT2D eigenvalue weighted by Crippen LogP contribution is 2.23. The Morgan fingerprint density at radius 3 is 2.94 bits per heavy atom. The Hall–Kier alpha value is -3.66. The Labute approximate surface area is 181 Å². The number of carbonyl (C=O) groups excluding carboxylic acids is 1. The average molecular weight is 436 g/mol. The molecule has 1 unspecified atom stereocenters. The fraction of sp³-hybridized carbons (Fsp3) is 0.190. The molecule has 2 N–H and O–H groups in total. The van der Waals surface area contributed by atoms with Crippen molar-refractivity contribution in [3.63, 3.8) is 0 Å². The van der Waals surface area contributed by atoms with Gasteiger partial charge < -0.3 is 19.3 Å². The van der Waals surface area contributed by atoms with Crippen LogP contribution in [0.3, 0.4) is 0 Å². The molecule has 1 aromatic carbocycles. The molecule has 158 valence electrons. The summed E-state index contributed by atoms with van der Waals surface area (Å²) in [6.07, 6.45) is 3.17. The minimum atomic E-state index is -0.405. The van der Waals surface area contributed by atoms with Crippen molar-refractivity contribution < 1.29 is 9.21 Å². The molecule has 0 radical (unpaired) electrons. The van der Waals surface area contributed by atoms with Gasteiger partial charge in [0, 0.05) is 6.54 Å². The number of carbonyl (C=O) groups is 1. The summed E-state index contributed by atoms with van der Waals surface area (Å²) < 4.78 is 7.00. The molecule has 0 aliphatic rings. The largest absolute Gasteiger partial charge is 0.459 e. The minimum absolute atomic E-state index is 0.177. The van der Waals surface area contributed by atoms with Crippen molar-refractivity contribution >= 4 is 28.6 Å². The van der Waals surface area contributed by atoms with Gasteiger partial charge in [0.2, 0.25) is 0 Å². The second-order valence-corrected chi connectivity index (χ2v) is 7.67. The van der Waals surface area contributed by atoms with Crippen molar-refractivity contribution in [2.45, 2.75) is 30.4 Å². The second kappa shape index (κ2) is 9.00. The number of fused-ring (bicyclic) bond motifs is 1. The Kier molecular flexibility index (Phi) is 5.99. The molecule has 0 bridgehead atoms. The van der Waals surface area contributed by atoms with Crippen LogP contribution in [0, 0.1) is 0 Å². The molecule has 0 aliphatic carbocycles. The predicted octanol–water partition coefficient (Wildman–Crippen LogP) is 3.08. The highest BCUT2D eigenvalue weighted by molar-refractivity contribution is 7.98. The molecule has 31 heavy (non-hydrogen) atoms. The van der Waals surface area contributed by atoms with E-state index in [0.717, 1.165) is 0 Å². The fourth-order valence-electron chi connectivity index (χ4n) is 3.10. The lowest BCUT2D eigenvalue weighted by molar-refractivity contribution is 0.0909. The molecule has 0 fully saturated rings. The number of aromatic nitrogens is 5. The number of thioether (sulfide) groups is 1. The number of para-hydroxylation sites is 1. The van der Waals surface area contributed by atoms with Gasteiger partial charge in [0.25, 0.3) is 11.5 Å². The van der Waals surface area contributed by atoms with E-state index in [9.17, 15) is 9.59 Å². The van der Waals surface area contributed by atoms with Gasteiger partial charge in [0.05, 0.1) is 29.0 Å². The first-order chi connectivity index (χ1) is 15.1. The standard InChI is InChI=1S/C21H20N6O3S/c1-3-10-27-18(13(2)22-20(29)16-9-6-11-30-16)25-26-21(27)31-12-17-23-15-8-5-4-7-14(15)19(28)24-17/h3-9,11,13H,1,10,12H2,2H3,(H,22,29)(H,23,24,28). The number of benzene rings is 1. The van der Waals surface area contributed by atoms with Gasteiger partial charge in [-0.15, -0.1) is 16.8 Å². The van der Waals surface area contributed by atoms with Crippen molar-refractivity contribution in [3.8, 4) is 0 Å². The number of H-pyrrole nitrogens is 1. The van der Waals surface area contributed by atoms with Crippen molar-refractivity contribution in [3.05, 3.63) is 83.1 Å². The van der Waals surface area contributed by atoms with E-state index < -0.39 is 6.04 Å². The first kappa shape index (κ1) is 20.6. The number of amides is 1. The highest BCUT2D eigenvalue weighted by atomic mass is 32.2. The Morgan fingerprint density at radius 1 is 1.32 bits per heavy atom. The number of allylic oxidation sites excluding steroid dienone is 1. The van der Waals surface area contributed by atoms with Crippen LogP contribution in [0.25, 0.3) is 10.9 Å². The Bertz CT molecular complexity index is 1280. The molecule has 3 aromatic heterocycles. The van der Waals surface area contributed by atoms with Gasteiger partial charge in [0.15, 0.2) is 16.7 Å². The summed E-state index contributed by atoms with van der Waals surface area (Å²) in [4.78, 5) is 31.9. The zero-order chi connectivity index (χ0) is 21.8. The second-order valence-electron chi connectivity index (χ2n) is 6.73. The van der Waals surface area contributed by atoms with Crippen LogP contribution < -0.4 is 10.9 Å². The maximum Gasteiger partial charge on any atom is 0.287 e. The monoisotopic (exact) mass is 436 g/mol. The van der Waals surface area contributed by atoms with E-state index >= 15 is 0 Å². The van der Waals surface area contributed by atoms with Gasteiger partial charge in [-0.1, -0.05) is 30.0 Å². The number of aromatic amines is 1. The molecule has 0 saturated carbocycles. The van der Waals surface area contributed by atoms with Crippen molar-refractivity contribution in [1.82, 2.24) is 30.0 Å². The van der Waals surface area contributed by atoms with E-state index in [1.807, 2.05) is 17.6 Å². The maximum absolute atomic E-state index is 12.3. The molecule has 1 amide bonds. The van der Waals surface area contributed by atoms with Crippen LogP contribution in [0.2, 0.25) is 0 Å². The van der Waals surface area contributed by atoms with E-state index in [1.165, 1.54) is 18.0 Å². The van der Waals surface area contributed by atoms with Crippen LogP contribution in [0.4, 0.5) is 0 Å². The Morgan fingerprint density at radius 2 is 2.16 bits per heavy atom. The van der Waals surface area contributed by atoms with Gasteiger partial charge in [-0.3, -0.25) is 9.59 Å². The SMILES string of the molecule is C=CCn1c(SCc2nc3ccccc3c(=O)[nH]2)nnc1C(C)NC(=O)c1ccco1. The molecule has 0 saturated heterocycles. The van der Waals surface area contributed by atoms with Crippen LogP contribution in [0.1, 0.15) is 35.2 Å². The fourth-order valence-corrected chi connectivity index (χ4v) is 3.93. The van der Waals surface area contributed by atoms with Crippen LogP contribution in [-0.2, 0) is 12.3 Å². The van der Waals surface area contributed by atoms with Gasteiger partial charge in [-0.05, 0) is 31.2 Å². The lowest BCUT2D eigenvalue weighted by Gasteiger charge is -2.14. The molecule has 0 spiro atoms. The van der Waals surface area contributed by atoms with E-state index in [0.29, 0.717) is 40.0 Å². The summed E-state index contributed by atoms with van der Waals surface area (Å²) in [5.41, 5.74) is 0.466. The molecule has 4 rings (SSSR count). The quantitative estimate of drug-likeness (QED) is 0.322. The summed E-state index contributed by atoms with van der Waals surface area (Å²) in [5.74, 6) is 1.42. The zero-order valence-corrected chi connectivity index (χ0v) is 17.6. The molecule has 1 atom stereocenters. The third-order valence-corrected chi connectivity index (χ3v) is 5.51. The lowest BCUT2D eigenvalue weighted by atomic mass is 10.2. The molecule has 3 heterocycles. The third kappa shape index (κ3) is 4.43. The summed E-state index contributed by atoms with van der Waals surface area (Å²) in [7, 11) is 0. The van der Waals surface area contributed by atoms with E-state index in [-0.39, 0.29) is 17.2 Å². The molecule has 10 heteroatoms. The number of rotatable bonds is 8. The van der Waals surface area contributed by atoms with Gasteiger partial charge >= 0.3 is 0 Å². The summed E-state index contributed by atoms with van der Waals surface area (Å²) in [6.45, 7) is 6.08. The van der Waals surface area contributed by atoms with Crippen molar-refractivity contribution in [2.75, 3.05) is 0 Å². The zero-order valence-electron chi connectivity index (χ0n) is 16.7. The topological polar surface area (TPSA) is 119 Å². The van der Waals surface area contributed by atoms with Gasteiger partial charge in [-0.2, -0.15) is 0 Å². The first-order valence-corrected chi connectivity index (χ1v) is 10.5. The van der Waals surface area contributed by atoms with Crippen LogP contribution in [0.15, 0.2) is 69.7 Å². The van der Waals surface area contributed by atoms with Crippen LogP contribution in [0.5, 0.6) is 0 Å². The lowest BCUT2D eigenvalue weighted by Crippen LogP contribution is -2.28. The summed E-state index contributed by atoms with van der Waals surface area (Å²) in [6, 6.07) is 10.0. The summed E-state index contributed by atoms with van der Waals surface area (Å²) in [5, 5.41) is 12.5. The van der Waals surface area contributed by atoms with E-state index in [2.05, 4.69) is 32.1 Å². The van der Waals surface area contributed by atoms with E-state index in [1.54, 1.807) is 36.4 Å².